The molecule has 0 aromatic carbocycles. The molecule has 2 heterocycles. The molecule has 0 amide bonds. The highest BCUT2D eigenvalue weighted by Gasteiger charge is 2.04. The van der Waals surface area contributed by atoms with Crippen molar-refractivity contribution in [1.29, 1.82) is 0 Å². The van der Waals surface area contributed by atoms with E-state index >= 15 is 0 Å². The van der Waals surface area contributed by atoms with Crippen molar-refractivity contribution in [2.24, 2.45) is 0 Å². The van der Waals surface area contributed by atoms with Crippen molar-refractivity contribution in [2.75, 3.05) is 18.5 Å². The average Bonchev–Trinajstić information content (AvgIpc) is 2.86. The van der Waals surface area contributed by atoms with Crippen LogP contribution < -0.4 is 10.1 Å². The minimum Gasteiger partial charge on any atom is -0.476 e. The number of ether oxygens (including phenoxy) is 1. The molecule has 2 aromatic heterocycles. The molecule has 2 aromatic rings. The topological polar surface area (TPSA) is 72.2 Å². The molecule has 2 rings (SSSR count). The molecule has 0 unspecified atom stereocenters. The van der Waals surface area contributed by atoms with Crippen LogP contribution in [0, 0.1) is 0 Å². The summed E-state index contributed by atoms with van der Waals surface area (Å²) >= 11 is 0. The van der Waals surface area contributed by atoms with Gasteiger partial charge in [-0.15, -0.1) is 0 Å². The first-order valence-corrected chi connectivity index (χ1v) is 6.27. The molecule has 0 spiro atoms. The predicted molar refractivity (Wildman–Crippen MR) is 72.0 cm³/mol. The number of hydrogen-bond acceptors (Lipinski definition) is 5. The molecule has 6 nitrogen and oxygen atoms in total. The van der Waals surface area contributed by atoms with Crippen molar-refractivity contribution < 1.29 is 9.84 Å². The molecule has 0 atom stereocenters. The van der Waals surface area contributed by atoms with E-state index in [0.29, 0.717) is 25.6 Å². The van der Waals surface area contributed by atoms with Crippen LogP contribution in [0.5, 0.6) is 5.88 Å². The van der Waals surface area contributed by atoms with Crippen molar-refractivity contribution in [3.63, 3.8) is 0 Å². The van der Waals surface area contributed by atoms with Gasteiger partial charge in [0.05, 0.1) is 31.6 Å². The SMILES string of the molecule is CCOc1ncccc1NCc1cnn(CCO)c1. The van der Waals surface area contributed by atoms with Crippen molar-refractivity contribution in [3.8, 4) is 5.88 Å². The van der Waals surface area contributed by atoms with Crippen LogP contribution in [0.1, 0.15) is 12.5 Å². The fraction of sp³-hybridized carbons (Fsp3) is 0.385. The summed E-state index contributed by atoms with van der Waals surface area (Å²) in [5.41, 5.74) is 1.90. The molecule has 6 heteroatoms. The van der Waals surface area contributed by atoms with E-state index in [1.165, 1.54) is 0 Å². The van der Waals surface area contributed by atoms with Gasteiger partial charge in [0.1, 0.15) is 0 Å². The van der Waals surface area contributed by atoms with Crippen LogP contribution in [-0.2, 0) is 13.1 Å². The summed E-state index contributed by atoms with van der Waals surface area (Å²) in [6.07, 6.45) is 5.38. The summed E-state index contributed by atoms with van der Waals surface area (Å²) < 4.78 is 7.15. The number of nitrogens with one attached hydrogen (secondary N) is 1. The van der Waals surface area contributed by atoms with Crippen LogP contribution in [0.15, 0.2) is 30.7 Å². The lowest BCUT2D eigenvalue weighted by molar-refractivity contribution is 0.269. The van der Waals surface area contributed by atoms with E-state index in [2.05, 4.69) is 15.4 Å². The molecule has 102 valence electrons. The Kier molecular flexibility index (Phi) is 4.74. The van der Waals surface area contributed by atoms with Crippen molar-refractivity contribution >= 4 is 5.69 Å². The molecule has 19 heavy (non-hydrogen) atoms. The van der Waals surface area contributed by atoms with Gasteiger partial charge in [-0.25, -0.2) is 4.98 Å². The predicted octanol–water partition coefficient (Wildman–Crippen LogP) is 1.28. The first-order valence-electron chi connectivity index (χ1n) is 6.27. The lowest BCUT2D eigenvalue weighted by Gasteiger charge is -2.09. The van der Waals surface area contributed by atoms with E-state index in [9.17, 15) is 0 Å². The Morgan fingerprint density at radius 3 is 3.16 bits per heavy atom. The molecule has 2 N–H and O–H groups in total. The minimum atomic E-state index is 0.0889. The van der Waals surface area contributed by atoms with Gasteiger partial charge in [0.15, 0.2) is 0 Å². The first-order chi connectivity index (χ1) is 9.33. The van der Waals surface area contributed by atoms with Crippen LogP contribution in [-0.4, -0.2) is 33.1 Å². The maximum Gasteiger partial charge on any atom is 0.237 e. The average molecular weight is 262 g/mol. The minimum absolute atomic E-state index is 0.0889. The van der Waals surface area contributed by atoms with Crippen LogP contribution in [0.25, 0.3) is 0 Å². The van der Waals surface area contributed by atoms with E-state index in [4.69, 9.17) is 9.84 Å². The maximum atomic E-state index is 8.83. The molecule has 0 aliphatic rings. The first kappa shape index (κ1) is 13.4. The monoisotopic (exact) mass is 262 g/mol. The third-order valence-corrected chi connectivity index (χ3v) is 2.55. The second-order valence-corrected chi connectivity index (χ2v) is 3.98. The Bertz CT molecular complexity index is 513. The smallest absolute Gasteiger partial charge is 0.237 e. The molecule has 0 saturated heterocycles. The molecule has 0 bridgehead atoms. The van der Waals surface area contributed by atoms with Crippen LogP contribution in [0.3, 0.4) is 0 Å². The van der Waals surface area contributed by atoms with E-state index in [0.717, 1.165) is 11.3 Å². The van der Waals surface area contributed by atoms with Gasteiger partial charge in [0.2, 0.25) is 5.88 Å². The molecule has 0 aliphatic carbocycles. The van der Waals surface area contributed by atoms with Crippen LogP contribution in [0.2, 0.25) is 0 Å². The second-order valence-electron chi connectivity index (χ2n) is 3.98. The van der Waals surface area contributed by atoms with Gasteiger partial charge in [-0.2, -0.15) is 5.10 Å². The lowest BCUT2D eigenvalue weighted by atomic mass is 10.3. The zero-order chi connectivity index (χ0) is 13.5. The Hall–Kier alpha value is -2.08. The quantitative estimate of drug-likeness (QED) is 0.786. The summed E-state index contributed by atoms with van der Waals surface area (Å²) in [6, 6.07) is 3.79. The van der Waals surface area contributed by atoms with E-state index in [-0.39, 0.29) is 6.61 Å². The maximum absolute atomic E-state index is 8.83. The summed E-state index contributed by atoms with van der Waals surface area (Å²) in [5, 5.41) is 16.2. The normalized spacial score (nSPS) is 10.4. The summed E-state index contributed by atoms with van der Waals surface area (Å²) in [6.45, 7) is 3.75. The van der Waals surface area contributed by atoms with E-state index < -0.39 is 0 Å². The largest absolute Gasteiger partial charge is 0.476 e. The molecular weight excluding hydrogens is 244 g/mol. The fourth-order valence-electron chi connectivity index (χ4n) is 1.70. The number of rotatable bonds is 7. The molecule has 0 fully saturated rings. The highest BCUT2D eigenvalue weighted by molar-refractivity contribution is 5.52. The third-order valence-electron chi connectivity index (χ3n) is 2.55. The van der Waals surface area contributed by atoms with Gasteiger partial charge in [-0.1, -0.05) is 0 Å². The Morgan fingerprint density at radius 2 is 2.37 bits per heavy atom. The van der Waals surface area contributed by atoms with E-state index in [1.807, 2.05) is 25.3 Å². The van der Waals surface area contributed by atoms with Crippen molar-refractivity contribution in [1.82, 2.24) is 14.8 Å². The second kappa shape index (κ2) is 6.75. The van der Waals surface area contributed by atoms with Crippen LogP contribution in [0.4, 0.5) is 5.69 Å². The number of aliphatic hydroxyl groups excluding tert-OH is 1. The number of aromatic nitrogens is 3. The van der Waals surface area contributed by atoms with Gasteiger partial charge in [-0.05, 0) is 19.1 Å². The number of nitrogens with zero attached hydrogens (tertiary/aromatic N) is 3. The Balaban J connectivity index is 1.97. The van der Waals surface area contributed by atoms with Gasteiger partial charge >= 0.3 is 0 Å². The lowest BCUT2D eigenvalue weighted by Crippen LogP contribution is -2.04. The zero-order valence-electron chi connectivity index (χ0n) is 10.9. The van der Waals surface area contributed by atoms with Crippen LogP contribution >= 0.6 is 0 Å². The highest BCUT2D eigenvalue weighted by Crippen LogP contribution is 2.21. The third kappa shape index (κ3) is 3.69. The zero-order valence-corrected chi connectivity index (χ0v) is 10.9. The van der Waals surface area contributed by atoms with Gasteiger partial charge in [0.25, 0.3) is 0 Å². The highest BCUT2D eigenvalue weighted by atomic mass is 16.5. The summed E-state index contributed by atoms with van der Waals surface area (Å²) in [4.78, 5) is 4.18. The molecular formula is C13H18N4O2. The van der Waals surface area contributed by atoms with Gasteiger partial charge < -0.3 is 15.2 Å². The van der Waals surface area contributed by atoms with Crippen molar-refractivity contribution in [2.45, 2.75) is 20.0 Å². The Labute approximate surface area is 112 Å². The van der Waals surface area contributed by atoms with Gasteiger partial charge in [-0.3, -0.25) is 4.68 Å². The van der Waals surface area contributed by atoms with Gasteiger partial charge in [0, 0.05) is 24.5 Å². The molecule has 0 radical (unpaired) electrons. The molecule has 0 aliphatic heterocycles. The summed E-state index contributed by atoms with van der Waals surface area (Å²) in [7, 11) is 0. The van der Waals surface area contributed by atoms with Crippen molar-refractivity contribution in [3.05, 3.63) is 36.3 Å². The van der Waals surface area contributed by atoms with E-state index in [1.54, 1.807) is 17.1 Å². The fourth-order valence-corrected chi connectivity index (χ4v) is 1.70. The standard InChI is InChI=1S/C13H18N4O2/c1-2-19-13-12(4-3-5-14-13)15-8-11-9-16-17(10-11)6-7-18/h3-5,9-10,15,18H,2,6-8H2,1H3. The summed E-state index contributed by atoms with van der Waals surface area (Å²) in [5.74, 6) is 0.604. The number of pyridine rings is 1. The number of aliphatic hydroxyl groups is 1. The number of hydrogen-bond donors (Lipinski definition) is 2. The molecule has 0 saturated carbocycles. The number of anilines is 1. The Morgan fingerprint density at radius 1 is 1.47 bits per heavy atom.